The van der Waals surface area contributed by atoms with Crippen molar-refractivity contribution in [2.24, 2.45) is 0 Å². The Morgan fingerprint density at radius 3 is 2.60 bits per heavy atom. The van der Waals surface area contributed by atoms with Gasteiger partial charge in [0, 0.05) is 19.3 Å². The lowest BCUT2D eigenvalue weighted by molar-refractivity contribution is 0.0948. The molecule has 0 unspecified atom stereocenters. The van der Waals surface area contributed by atoms with Crippen LogP contribution in [0.1, 0.15) is 41.1 Å². The van der Waals surface area contributed by atoms with E-state index in [0.29, 0.717) is 29.4 Å². The Bertz CT molecular complexity index is 735. The van der Waals surface area contributed by atoms with Gasteiger partial charge in [-0.25, -0.2) is 0 Å². The van der Waals surface area contributed by atoms with Crippen molar-refractivity contribution in [3.63, 3.8) is 0 Å². The molecule has 0 saturated heterocycles. The van der Waals surface area contributed by atoms with Gasteiger partial charge in [0.15, 0.2) is 5.69 Å². The molecule has 2 amide bonds. The number of hydrogen-bond donors (Lipinski definition) is 2. The van der Waals surface area contributed by atoms with E-state index in [1.165, 1.54) is 35.1 Å². The second-order valence-corrected chi connectivity index (χ2v) is 7.66. The van der Waals surface area contributed by atoms with Crippen molar-refractivity contribution < 1.29 is 9.59 Å². The maximum atomic E-state index is 12.8. The smallest absolute Gasteiger partial charge is 0.273 e. The molecular formula is C15H21N5O2S3. The molecule has 0 atom stereocenters. The minimum atomic E-state index is -0.289. The Morgan fingerprint density at radius 2 is 2.00 bits per heavy atom. The normalized spacial score (nSPS) is 10.7. The molecule has 0 saturated carbocycles. The number of carbonyl (C=O) groups excluding carboxylic acids is 2. The number of nitrogens with one attached hydrogen (secondary N) is 2. The van der Waals surface area contributed by atoms with E-state index in [9.17, 15) is 9.59 Å². The van der Waals surface area contributed by atoms with E-state index in [-0.39, 0.29) is 17.5 Å². The number of carbonyl (C=O) groups is 2. The number of aromatic nitrogens is 3. The summed E-state index contributed by atoms with van der Waals surface area (Å²) in [6, 6.07) is 0. The van der Waals surface area contributed by atoms with Gasteiger partial charge in [0.05, 0.1) is 15.5 Å². The fourth-order valence-corrected chi connectivity index (χ4v) is 4.36. The third-order valence-electron chi connectivity index (χ3n) is 3.32. The maximum absolute atomic E-state index is 12.8. The Hall–Kier alpha value is -1.52. The number of amides is 2. The Morgan fingerprint density at radius 1 is 1.24 bits per heavy atom. The monoisotopic (exact) mass is 399 g/mol. The predicted molar refractivity (Wildman–Crippen MR) is 104 cm³/mol. The first-order chi connectivity index (χ1) is 12.0. The van der Waals surface area contributed by atoms with Crippen molar-refractivity contribution >= 4 is 52.6 Å². The molecule has 2 rings (SSSR count). The lowest BCUT2D eigenvalue weighted by atomic mass is 10.3. The van der Waals surface area contributed by atoms with Gasteiger partial charge in [-0.3, -0.25) is 14.3 Å². The number of hydrogen-bond acceptors (Lipinski definition) is 7. The maximum Gasteiger partial charge on any atom is 0.273 e. The largest absolute Gasteiger partial charge is 0.351 e. The summed E-state index contributed by atoms with van der Waals surface area (Å²) in [4.78, 5) is 25.1. The van der Waals surface area contributed by atoms with Crippen LogP contribution in [0.2, 0.25) is 0 Å². The number of aryl methyl sites for hydroxylation is 1. The molecule has 0 aromatic carbocycles. The average molecular weight is 400 g/mol. The van der Waals surface area contributed by atoms with Crippen molar-refractivity contribution in [2.45, 2.75) is 36.0 Å². The summed E-state index contributed by atoms with van der Waals surface area (Å²) in [5, 5.41) is 10.6. The first-order valence-electron chi connectivity index (χ1n) is 7.80. The first kappa shape index (κ1) is 19.8. The molecule has 0 spiro atoms. The quantitative estimate of drug-likeness (QED) is 0.663. The van der Waals surface area contributed by atoms with Crippen LogP contribution in [0.3, 0.4) is 0 Å². The topological polar surface area (TPSA) is 88.9 Å². The van der Waals surface area contributed by atoms with Crippen LogP contribution in [0.5, 0.6) is 0 Å². The molecule has 2 aromatic heterocycles. The summed E-state index contributed by atoms with van der Waals surface area (Å²) in [5.41, 5.74) is 1.18. The van der Waals surface area contributed by atoms with Gasteiger partial charge in [-0.2, -0.15) is 9.47 Å². The fraction of sp³-hybridized carbons (Fsp3) is 0.467. The highest BCUT2D eigenvalue weighted by molar-refractivity contribution is 8.01. The van der Waals surface area contributed by atoms with E-state index in [0.717, 1.165) is 10.6 Å². The lowest BCUT2D eigenvalue weighted by Crippen LogP contribution is -2.26. The summed E-state index contributed by atoms with van der Waals surface area (Å²) in [6.07, 6.45) is 6.30. The molecule has 136 valence electrons. The second kappa shape index (κ2) is 9.25. The van der Waals surface area contributed by atoms with Crippen LogP contribution < -0.4 is 10.6 Å². The molecule has 0 aliphatic carbocycles. The number of nitrogens with zero attached hydrogens (tertiary/aromatic N) is 3. The van der Waals surface area contributed by atoms with Crippen LogP contribution in [0, 0.1) is 0 Å². The van der Waals surface area contributed by atoms with Crippen LogP contribution in [-0.4, -0.2) is 45.0 Å². The van der Waals surface area contributed by atoms with Crippen molar-refractivity contribution in [1.29, 1.82) is 0 Å². The Labute approximate surface area is 159 Å². The molecule has 7 nitrogen and oxygen atoms in total. The molecule has 0 bridgehead atoms. The van der Waals surface area contributed by atoms with Gasteiger partial charge in [0.25, 0.3) is 11.8 Å². The molecule has 10 heteroatoms. The highest BCUT2D eigenvalue weighted by Gasteiger charge is 2.23. The number of anilines is 1. The van der Waals surface area contributed by atoms with Gasteiger partial charge in [0.1, 0.15) is 5.03 Å². The fourth-order valence-electron chi connectivity index (χ4n) is 2.08. The average Bonchev–Trinajstić information content (AvgIpc) is 3.22. The zero-order valence-electron chi connectivity index (χ0n) is 14.6. The summed E-state index contributed by atoms with van der Waals surface area (Å²) in [7, 11) is 0. The molecule has 0 fully saturated rings. The molecule has 2 N–H and O–H groups in total. The highest BCUT2D eigenvalue weighted by atomic mass is 32.2. The van der Waals surface area contributed by atoms with Crippen LogP contribution in [-0.2, 0) is 6.54 Å². The zero-order valence-corrected chi connectivity index (χ0v) is 17.0. The lowest BCUT2D eigenvalue weighted by Gasteiger charge is -2.06. The van der Waals surface area contributed by atoms with Gasteiger partial charge in [-0.05, 0) is 37.4 Å². The van der Waals surface area contributed by atoms with Crippen molar-refractivity contribution in [1.82, 2.24) is 19.5 Å². The van der Waals surface area contributed by atoms with E-state index < -0.39 is 0 Å². The molecular weight excluding hydrogens is 378 g/mol. The minimum absolute atomic E-state index is 0.225. The molecule has 0 aliphatic heterocycles. The van der Waals surface area contributed by atoms with Gasteiger partial charge in [-0.15, -0.1) is 23.5 Å². The second-order valence-electron chi connectivity index (χ2n) is 5.02. The SMILES string of the molecule is CCCNC(=O)c1nn(CC)cc1NC(=O)c1c(SC)nsc1SC. The Balaban J connectivity index is 2.30. The van der Waals surface area contributed by atoms with Crippen LogP contribution >= 0.6 is 35.1 Å². The number of rotatable bonds is 8. The third kappa shape index (κ3) is 4.56. The summed E-state index contributed by atoms with van der Waals surface area (Å²) in [6.45, 7) is 5.07. The van der Waals surface area contributed by atoms with E-state index >= 15 is 0 Å². The summed E-state index contributed by atoms with van der Waals surface area (Å²) < 4.78 is 6.79. The van der Waals surface area contributed by atoms with Gasteiger partial charge < -0.3 is 10.6 Å². The van der Waals surface area contributed by atoms with Gasteiger partial charge in [-0.1, -0.05) is 6.92 Å². The van der Waals surface area contributed by atoms with Crippen molar-refractivity contribution in [3.8, 4) is 0 Å². The molecule has 2 heterocycles. The predicted octanol–water partition coefficient (Wildman–Crippen LogP) is 3.20. The molecule has 0 aliphatic rings. The van der Waals surface area contributed by atoms with E-state index in [2.05, 4.69) is 20.1 Å². The molecule has 2 aromatic rings. The number of thioether (sulfide) groups is 2. The van der Waals surface area contributed by atoms with Gasteiger partial charge in [0.2, 0.25) is 0 Å². The highest BCUT2D eigenvalue weighted by Crippen LogP contribution is 2.33. The van der Waals surface area contributed by atoms with Crippen LogP contribution in [0.25, 0.3) is 0 Å². The minimum Gasteiger partial charge on any atom is -0.351 e. The summed E-state index contributed by atoms with van der Waals surface area (Å²) >= 11 is 4.21. The van der Waals surface area contributed by atoms with E-state index in [1.54, 1.807) is 10.9 Å². The first-order valence-corrected chi connectivity index (χ1v) is 11.0. The van der Waals surface area contributed by atoms with Crippen molar-refractivity contribution in [2.75, 3.05) is 24.4 Å². The van der Waals surface area contributed by atoms with Crippen LogP contribution in [0.4, 0.5) is 5.69 Å². The van der Waals surface area contributed by atoms with Crippen LogP contribution in [0.15, 0.2) is 15.4 Å². The van der Waals surface area contributed by atoms with E-state index in [1.807, 2.05) is 26.4 Å². The molecule has 25 heavy (non-hydrogen) atoms. The zero-order chi connectivity index (χ0) is 18.4. The molecule has 0 radical (unpaired) electrons. The van der Waals surface area contributed by atoms with E-state index in [4.69, 9.17) is 0 Å². The van der Waals surface area contributed by atoms with Gasteiger partial charge >= 0.3 is 0 Å². The van der Waals surface area contributed by atoms with Crippen molar-refractivity contribution in [3.05, 3.63) is 17.5 Å². The summed E-state index contributed by atoms with van der Waals surface area (Å²) in [5.74, 6) is -0.564. The standard InChI is InChI=1S/C15H21N5O2S3/c1-5-7-16-13(22)11-9(8-20(6-2)18-11)17-12(21)10-14(23-3)19-25-15(10)24-4/h8H,5-7H2,1-4H3,(H,16,22)(H,17,21). The third-order valence-corrected chi connectivity index (χ3v) is 6.06. The Kier molecular flexibility index (Phi) is 7.33.